The summed E-state index contributed by atoms with van der Waals surface area (Å²) in [6, 6.07) is -0.425. The third-order valence-electron chi connectivity index (χ3n) is 5.28. The van der Waals surface area contributed by atoms with Crippen LogP contribution in [0.2, 0.25) is 0 Å². The number of ether oxygens (including phenoxy) is 1. The van der Waals surface area contributed by atoms with Crippen LogP contribution in [0.1, 0.15) is 51.9 Å². The second-order valence-corrected chi connectivity index (χ2v) is 7.09. The van der Waals surface area contributed by atoms with Crippen molar-refractivity contribution in [3.05, 3.63) is 0 Å². The van der Waals surface area contributed by atoms with Gasteiger partial charge in [0.1, 0.15) is 12.1 Å². The second kappa shape index (κ2) is 7.09. The Labute approximate surface area is 142 Å². The number of nitrogens with zero attached hydrogens (tertiary/aromatic N) is 2. The van der Waals surface area contributed by atoms with Crippen molar-refractivity contribution < 1.29 is 19.1 Å². The SMILES string of the molecule is CCCO[C@@H]1CCCN(C(=O)CN2C(=O)NC3(CCCC3)C2=O)C1. The molecule has 134 valence electrons. The Morgan fingerprint density at radius 2 is 2.04 bits per heavy atom. The predicted molar refractivity (Wildman–Crippen MR) is 87.3 cm³/mol. The van der Waals surface area contributed by atoms with Crippen LogP contribution in [0.25, 0.3) is 0 Å². The number of amides is 4. The smallest absolute Gasteiger partial charge is 0.325 e. The van der Waals surface area contributed by atoms with E-state index in [1.165, 1.54) is 0 Å². The molecule has 0 bridgehead atoms. The molecular weight excluding hydrogens is 310 g/mol. The highest BCUT2D eigenvalue weighted by molar-refractivity contribution is 6.09. The van der Waals surface area contributed by atoms with Gasteiger partial charge in [-0.05, 0) is 32.1 Å². The topological polar surface area (TPSA) is 79.0 Å². The van der Waals surface area contributed by atoms with Gasteiger partial charge in [-0.3, -0.25) is 14.5 Å². The first-order chi connectivity index (χ1) is 11.6. The molecule has 24 heavy (non-hydrogen) atoms. The van der Waals surface area contributed by atoms with Gasteiger partial charge in [0, 0.05) is 19.7 Å². The fourth-order valence-corrected chi connectivity index (χ4v) is 3.96. The highest BCUT2D eigenvalue weighted by Gasteiger charge is 2.52. The maximum Gasteiger partial charge on any atom is 0.325 e. The number of hydrogen-bond acceptors (Lipinski definition) is 4. The molecule has 1 aliphatic carbocycles. The van der Waals surface area contributed by atoms with Gasteiger partial charge in [0.05, 0.1) is 6.10 Å². The summed E-state index contributed by atoms with van der Waals surface area (Å²) >= 11 is 0. The van der Waals surface area contributed by atoms with E-state index >= 15 is 0 Å². The van der Waals surface area contributed by atoms with Crippen molar-refractivity contribution in [3.63, 3.8) is 0 Å². The van der Waals surface area contributed by atoms with Crippen molar-refractivity contribution >= 4 is 17.8 Å². The minimum Gasteiger partial charge on any atom is -0.376 e. The zero-order chi connectivity index (χ0) is 17.2. The summed E-state index contributed by atoms with van der Waals surface area (Å²) in [6.07, 6.45) is 6.10. The molecule has 2 saturated heterocycles. The minimum atomic E-state index is -0.744. The Kier molecular flexibility index (Phi) is 5.08. The summed E-state index contributed by atoms with van der Waals surface area (Å²) < 4.78 is 5.75. The molecule has 7 nitrogen and oxygen atoms in total. The lowest BCUT2D eigenvalue weighted by atomic mass is 9.98. The van der Waals surface area contributed by atoms with Gasteiger partial charge in [0.2, 0.25) is 5.91 Å². The Morgan fingerprint density at radius 1 is 1.29 bits per heavy atom. The van der Waals surface area contributed by atoms with Gasteiger partial charge in [0.15, 0.2) is 0 Å². The summed E-state index contributed by atoms with van der Waals surface area (Å²) in [5.41, 5.74) is -0.744. The van der Waals surface area contributed by atoms with Gasteiger partial charge in [-0.2, -0.15) is 0 Å². The normalized spacial score (nSPS) is 26.3. The predicted octanol–water partition coefficient (Wildman–Crippen LogP) is 1.27. The van der Waals surface area contributed by atoms with Crippen molar-refractivity contribution in [2.45, 2.75) is 63.5 Å². The molecule has 1 spiro atoms. The number of likely N-dealkylation sites (tertiary alicyclic amines) is 1. The molecule has 7 heteroatoms. The number of nitrogens with one attached hydrogen (secondary N) is 1. The van der Waals surface area contributed by atoms with Crippen LogP contribution in [0.15, 0.2) is 0 Å². The van der Waals surface area contributed by atoms with E-state index < -0.39 is 11.6 Å². The molecule has 0 aromatic rings. The average Bonchev–Trinajstić information content (AvgIpc) is 3.14. The lowest BCUT2D eigenvalue weighted by molar-refractivity contribution is -0.141. The van der Waals surface area contributed by atoms with E-state index in [0.717, 1.165) is 37.0 Å². The Balaban J connectivity index is 1.58. The highest BCUT2D eigenvalue weighted by Crippen LogP contribution is 2.35. The van der Waals surface area contributed by atoms with E-state index in [-0.39, 0.29) is 24.5 Å². The molecule has 1 N–H and O–H groups in total. The number of carbonyl (C=O) groups excluding carboxylic acids is 3. The average molecular weight is 337 g/mol. The van der Waals surface area contributed by atoms with Crippen molar-refractivity contribution in [3.8, 4) is 0 Å². The Hall–Kier alpha value is -1.63. The van der Waals surface area contributed by atoms with Gasteiger partial charge in [0.25, 0.3) is 5.91 Å². The molecule has 0 aromatic carbocycles. The highest BCUT2D eigenvalue weighted by atomic mass is 16.5. The molecule has 3 fully saturated rings. The van der Waals surface area contributed by atoms with Crippen LogP contribution in [0.5, 0.6) is 0 Å². The molecular formula is C17H27N3O4. The molecule has 0 unspecified atom stereocenters. The first-order valence-electron chi connectivity index (χ1n) is 9.09. The van der Waals surface area contributed by atoms with Gasteiger partial charge in [-0.25, -0.2) is 4.79 Å². The molecule has 1 atom stereocenters. The van der Waals surface area contributed by atoms with Crippen LogP contribution in [-0.4, -0.2) is 65.5 Å². The second-order valence-electron chi connectivity index (χ2n) is 7.09. The Bertz CT molecular complexity index is 516. The molecule has 4 amide bonds. The molecule has 3 rings (SSSR count). The lowest BCUT2D eigenvalue weighted by Crippen LogP contribution is -2.49. The van der Waals surface area contributed by atoms with Crippen LogP contribution in [0, 0.1) is 0 Å². The summed E-state index contributed by atoms with van der Waals surface area (Å²) in [4.78, 5) is 40.2. The molecule has 2 aliphatic heterocycles. The zero-order valence-electron chi connectivity index (χ0n) is 14.4. The molecule has 2 heterocycles. The summed E-state index contributed by atoms with van der Waals surface area (Å²) in [5.74, 6) is -0.396. The van der Waals surface area contributed by atoms with Gasteiger partial charge >= 0.3 is 6.03 Å². The number of urea groups is 1. The maximum absolute atomic E-state index is 12.6. The van der Waals surface area contributed by atoms with Crippen molar-refractivity contribution in [1.82, 2.24) is 15.1 Å². The van der Waals surface area contributed by atoms with Crippen LogP contribution >= 0.6 is 0 Å². The van der Waals surface area contributed by atoms with E-state index in [4.69, 9.17) is 4.74 Å². The monoisotopic (exact) mass is 337 g/mol. The van der Waals surface area contributed by atoms with Crippen molar-refractivity contribution in [2.75, 3.05) is 26.2 Å². The van der Waals surface area contributed by atoms with Crippen LogP contribution in [0.3, 0.4) is 0 Å². The van der Waals surface area contributed by atoms with E-state index in [2.05, 4.69) is 12.2 Å². The van der Waals surface area contributed by atoms with Crippen LogP contribution < -0.4 is 5.32 Å². The van der Waals surface area contributed by atoms with E-state index in [1.807, 2.05) is 0 Å². The number of rotatable bonds is 5. The van der Waals surface area contributed by atoms with E-state index in [0.29, 0.717) is 32.5 Å². The first kappa shape index (κ1) is 17.2. The third kappa shape index (κ3) is 3.27. The minimum absolute atomic E-state index is 0.0620. The summed E-state index contributed by atoms with van der Waals surface area (Å²) in [6.45, 7) is 3.81. The fraction of sp³-hybridized carbons (Fsp3) is 0.824. The molecule has 3 aliphatic rings. The number of hydrogen-bond donors (Lipinski definition) is 1. The molecule has 0 aromatic heterocycles. The molecule has 1 saturated carbocycles. The van der Waals surface area contributed by atoms with E-state index in [9.17, 15) is 14.4 Å². The van der Waals surface area contributed by atoms with E-state index in [1.54, 1.807) is 4.90 Å². The quantitative estimate of drug-likeness (QED) is 0.766. The van der Waals surface area contributed by atoms with Crippen molar-refractivity contribution in [1.29, 1.82) is 0 Å². The maximum atomic E-state index is 12.6. The standard InChI is InChI=1S/C17H27N3O4/c1-2-10-24-13-6-5-9-19(11-13)14(21)12-20-15(22)17(18-16(20)23)7-3-4-8-17/h13H,2-12H2,1H3,(H,18,23)/t13-/m1/s1. The van der Waals surface area contributed by atoms with Crippen LogP contribution in [0.4, 0.5) is 4.79 Å². The third-order valence-corrected chi connectivity index (χ3v) is 5.28. The van der Waals surface area contributed by atoms with Crippen molar-refractivity contribution in [2.24, 2.45) is 0 Å². The number of carbonyl (C=O) groups is 3. The van der Waals surface area contributed by atoms with Gasteiger partial charge in [-0.15, -0.1) is 0 Å². The molecule has 0 radical (unpaired) electrons. The van der Waals surface area contributed by atoms with Gasteiger partial charge in [-0.1, -0.05) is 19.8 Å². The summed E-state index contributed by atoms with van der Waals surface area (Å²) in [7, 11) is 0. The Morgan fingerprint density at radius 3 is 2.75 bits per heavy atom. The first-order valence-corrected chi connectivity index (χ1v) is 9.09. The zero-order valence-corrected chi connectivity index (χ0v) is 14.4. The lowest BCUT2D eigenvalue weighted by Gasteiger charge is -2.33. The number of piperidine rings is 1. The number of imide groups is 1. The fourth-order valence-electron chi connectivity index (χ4n) is 3.96. The van der Waals surface area contributed by atoms with Gasteiger partial charge < -0.3 is 15.0 Å². The van der Waals surface area contributed by atoms with Crippen LogP contribution in [-0.2, 0) is 14.3 Å². The summed E-state index contributed by atoms with van der Waals surface area (Å²) in [5, 5.41) is 2.82. The largest absolute Gasteiger partial charge is 0.376 e.